The van der Waals surface area contributed by atoms with Crippen molar-refractivity contribution in [3.05, 3.63) is 34.7 Å². The van der Waals surface area contributed by atoms with Gasteiger partial charge in [0.25, 0.3) is 0 Å². The SMILES string of the molecule is O=C(CCNC(=O)OCC(F)(F)F)Nc1nc(-c2ccc3c(c2)CCCC3)cs1. The summed E-state index contributed by atoms with van der Waals surface area (Å²) in [6.45, 7) is -1.82. The van der Waals surface area contributed by atoms with Crippen molar-refractivity contribution >= 4 is 28.5 Å². The third-order valence-electron chi connectivity index (χ3n) is 4.38. The molecule has 0 fully saturated rings. The fourth-order valence-electron chi connectivity index (χ4n) is 3.01. The van der Waals surface area contributed by atoms with Crippen LogP contribution in [0, 0.1) is 0 Å². The van der Waals surface area contributed by atoms with Crippen LogP contribution in [-0.4, -0.2) is 36.3 Å². The van der Waals surface area contributed by atoms with Gasteiger partial charge in [-0.15, -0.1) is 11.3 Å². The van der Waals surface area contributed by atoms with E-state index in [0.29, 0.717) is 5.13 Å². The number of nitrogens with one attached hydrogen (secondary N) is 2. The first-order valence-corrected chi connectivity index (χ1v) is 10.0. The van der Waals surface area contributed by atoms with E-state index in [9.17, 15) is 22.8 Å². The van der Waals surface area contributed by atoms with E-state index in [2.05, 4.69) is 32.5 Å². The number of hydrogen-bond acceptors (Lipinski definition) is 5. The second kappa shape index (κ2) is 9.25. The van der Waals surface area contributed by atoms with Crippen molar-refractivity contribution in [1.29, 1.82) is 0 Å². The molecule has 0 saturated heterocycles. The molecule has 156 valence electrons. The molecule has 0 radical (unpaired) electrons. The molecule has 29 heavy (non-hydrogen) atoms. The summed E-state index contributed by atoms with van der Waals surface area (Å²) in [4.78, 5) is 27.5. The Kier molecular flexibility index (Phi) is 6.73. The van der Waals surface area contributed by atoms with Gasteiger partial charge in [0, 0.05) is 23.9 Å². The van der Waals surface area contributed by atoms with Crippen molar-refractivity contribution in [2.45, 2.75) is 38.3 Å². The van der Waals surface area contributed by atoms with Crippen molar-refractivity contribution in [1.82, 2.24) is 10.3 Å². The number of ether oxygens (including phenoxy) is 1. The minimum atomic E-state index is -4.59. The lowest BCUT2D eigenvalue weighted by Gasteiger charge is -2.16. The first-order valence-electron chi connectivity index (χ1n) is 9.15. The lowest BCUT2D eigenvalue weighted by Crippen LogP contribution is -2.31. The number of halogens is 3. The Morgan fingerprint density at radius 1 is 1.17 bits per heavy atom. The number of anilines is 1. The molecule has 6 nitrogen and oxygen atoms in total. The summed E-state index contributed by atoms with van der Waals surface area (Å²) in [5.41, 5.74) is 4.49. The predicted octanol–water partition coefficient (Wildman–Crippen LogP) is 4.31. The zero-order valence-corrected chi connectivity index (χ0v) is 16.3. The van der Waals surface area contributed by atoms with E-state index in [0.717, 1.165) is 24.1 Å². The largest absolute Gasteiger partial charge is 0.440 e. The summed E-state index contributed by atoms with van der Waals surface area (Å²) < 4.78 is 39.8. The van der Waals surface area contributed by atoms with E-state index >= 15 is 0 Å². The van der Waals surface area contributed by atoms with Gasteiger partial charge in [-0.25, -0.2) is 9.78 Å². The Morgan fingerprint density at radius 3 is 2.69 bits per heavy atom. The maximum atomic E-state index is 11.9. The van der Waals surface area contributed by atoms with Gasteiger partial charge in [-0.3, -0.25) is 4.79 Å². The van der Waals surface area contributed by atoms with Crippen molar-refractivity contribution in [2.75, 3.05) is 18.5 Å². The zero-order valence-electron chi connectivity index (χ0n) is 15.5. The lowest BCUT2D eigenvalue weighted by atomic mass is 9.90. The van der Waals surface area contributed by atoms with Crippen LogP contribution in [0.15, 0.2) is 23.6 Å². The first-order chi connectivity index (χ1) is 13.8. The number of aryl methyl sites for hydroxylation is 2. The number of amides is 2. The maximum Gasteiger partial charge on any atom is 0.422 e. The van der Waals surface area contributed by atoms with Crippen LogP contribution in [0.4, 0.5) is 23.1 Å². The van der Waals surface area contributed by atoms with Gasteiger partial charge < -0.3 is 15.4 Å². The molecule has 3 rings (SSSR count). The monoisotopic (exact) mass is 427 g/mol. The summed E-state index contributed by atoms with van der Waals surface area (Å²) in [6, 6.07) is 6.30. The van der Waals surface area contributed by atoms with E-state index in [1.54, 1.807) is 0 Å². The second-order valence-corrected chi connectivity index (χ2v) is 7.50. The third kappa shape index (κ3) is 6.45. The fourth-order valence-corrected chi connectivity index (χ4v) is 3.75. The van der Waals surface area contributed by atoms with Crippen LogP contribution in [-0.2, 0) is 22.4 Å². The summed E-state index contributed by atoms with van der Waals surface area (Å²) in [5, 5.41) is 6.99. The van der Waals surface area contributed by atoms with Gasteiger partial charge in [0.2, 0.25) is 5.91 Å². The van der Waals surface area contributed by atoms with Crippen LogP contribution < -0.4 is 10.6 Å². The second-order valence-electron chi connectivity index (χ2n) is 6.64. The van der Waals surface area contributed by atoms with Gasteiger partial charge >= 0.3 is 12.3 Å². The molecule has 0 atom stereocenters. The standard InChI is InChI=1S/C19H20F3N3O3S/c20-19(21,22)11-28-18(27)23-8-7-16(26)25-17-24-15(10-29-17)14-6-5-12-3-1-2-4-13(12)9-14/h5-6,9-10H,1-4,7-8,11H2,(H,23,27)(H,24,25,26). The average molecular weight is 427 g/mol. The highest BCUT2D eigenvalue weighted by molar-refractivity contribution is 7.14. The van der Waals surface area contributed by atoms with Crippen molar-refractivity contribution in [3.63, 3.8) is 0 Å². The molecule has 1 heterocycles. The molecule has 0 unspecified atom stereocenters. The molecule has 0 saturated carbocycles. The van der Waals surface area contributed by atoms with Gasteiger partial charge in [0.15, 0.2) is 11.7 Å². The minimum absolute atomic E-state index is 0.116. The van der Waals surface area contributed by atoms with Gasteiger partial charge in [0.05, 0.1) is 5.69 Å². The molecule has 10 heteroatoms. The minimum Gasteiger partial charge on any atom is -0.440 e. The molecule has 2 N–H and O–H groups in total. The van der Waals surface area contributed by atoms with E-state index in [-0.39, 0.29) is 13.0 Å². The quantitative estimate of drug-likeness (QED) is 0.720. The summed E-state index contributed by atoms with van der Waals surface area (Å²) in [5.74, 6) is -0.410. The van der Waals surface area contributed by atoms with Crippen LogP contribution in [0.25, 0.3) is 11.3 Å². The number of hydrogen-bond donors (Lipinski definition) is 2. The number of alkyl carbamates (subject to hydrolysis) is 1. The van der Waals surface area contributed by atoms with Crippen LogP contribution in [0.2, 0.25) is 0 Å². The van der Waals surface area contributed by atoms with Crippen LogP contribution in [0.5, 0.6) is 0 Å². The number of fused-ring (bicyclic) bond motifs is 1. The van der Waals surface area contributed by atoms with Crippen molar-refractivity contribution < 1.29 is 27.5 Å². The molecular formula is C19H20F3N3O3S. The fraction of sp³-hybridized carbons (Fsp3) is 0.421. The van der Waals surface area contributed by atoms with Crippen molar-refractivity contribution in [2.24, 2.45) is 0 Å². The topological polar surface area (TPSA) is 80.3 Å². The van der Waals surface area contributed by atoms with Gasteiger partial charge in [-0.1, -0.05) is 12.1 Å². The number of alkyl halides is 3. The molecule has 1 aliphatic carbocycles. The molecule has 2 aromatic rings. The normalized spacial score (nSPS) is 13.5. The maximum absolute atomic E-state index is 11.9. The molecule has 1 aliphatic rings. The predicted molar refractivity (Wildman–Crippen MR) is 103 cm³/mol. The molecule has 0 aliphatic heterocycles. The first kappa shape index (κ1) is 21.1. The van der Waals surface area contributed by atoms with E-state index < -0.39 is 24.8 Å². The Bertz CT molecular complexity index is 883. The number of benzene rings is 1. The molecule has 0 bridgehead atoms. The highest BCUT2D eigenvalue weighted by Gasteiger charge is 2.29. The third-order valence-corrected chi connectivity index (χ3v) is 5.14. The summed E-state index contributed by atoms with van der Waals surface area (Å²) >= 11 is 1.28. The Balaban J connectivity index is 1.46. The number of rotatable bonds is 6. The number of carbonyl (C=O) groups excluding carboxylic acids is 2. The molecular weight excluding hydrogens is 407 g/mol. The Labute approximate surface area is 169 Å². The van der Waals surface area contributed by atoms with Gasteiger partial charge in [-0.2, -0.15) is 13.2 Å². The molecule has 0 spiro atoms. The summed E-state index contributed by atoms with van der Waals surface area (Å²) in [7, 11) is 0. The zero-order chi connectivity index (χ0) is 20.9. The number of thiazole rings is 1. The molecule has 2 amide bonds. The van der Waals surface area contributed by atoms with Gasteiger partial charge in [0.1, 0.15) is 0 Å². The van der Waals surface area contributed by atoms with Crippen molar-refractivity contribution in [3.8, 4) is 11.3 Å². The number of aromatic nitrogens is 1. The Morgan fingerprint density at radius 2 is 1.93 bits per heavy atom. The molecule has 1 aromatic heterocycles. The van der Waals surface area contributed by atoms with E-state index in [4.69, 9.17) is 0 Å². The van der Waals surface area contributed by atoms with Crippen LogP contribution in [0.3, 0.4) is 0 Å². The smallest absolute Gasteiger partial charge is 0.422 e. The molecule has 1 aromatic carbocycles. The van der Waals surface area contributed by atoms with Crippen LogP contribution in [0.1, 0.15) is 30.4 Å². The van der Waals surface area contributed by atoms with E-state index in [1.807, 2.05) is 11.4 Å². The highest BCUT2D eigenvalue weighted by Crippen LogP contribution is 2.29. The summed E-state index contributed by atoms with van der Waals surface area (Å²) in [6.07, 6.45) is -1.36. The number of nitrogens with zero attached hydrogens (tertiary/aromatic N) is 1. The Hall–Kier alpha value is -2.62. The average Bonchev–Trinajstić information content (AvgIpc) is 3.14. The lowest BCUT2D eigenvalue weighted by molar-refractivity contribution is -0.160. The highest BCUT2D eigenvalue weighted by atomic mass is 32.1. The van der Waals surface area contributed by atoms with Crippen LogP contribution >= 0.6 is 11.3 Å². The number of carbonyl (C=O) groups is 2. The van der Waals surface area contributed by atoms with Gasteiger partial charge in [-0.05, 0) is 42.9 Å². The van der Waals surface area contributed by atoms with E-state index in [1.165, 1.54) is 35.3 Å².